The Morgan fingerprint density at radius 3 is 2.58 bits per heavy atom. The Morgan fingerprint density at radius 1 is 1.12 bits per heavy atom. The van der Waals surface area contributed by atoms with Gasteiger partial charge in [0.2, 0.25) is 0 Å². The molecule has 134 valence electrons. The van der Waals surface area contributed by atoms with Crippen LogP contribution in [-0.4, -0.2) is 30.7 Å². The van der Waals surface area contributed by atoms with E-state index >= 15 is 0 Å². The van der Waals surface area contributed by atoms with Crippen LogP contribution in [0, 0.1) is 0 Å². The highest BCUT2D eigenvalue weighted by Gasteiger charge is 2.33. The number of thiocarbonyl (C=S) groups is 1. The number of nitrogens with zero attached hydrogens (tertiary/aromatic N) is 1. The number of carbonyl (C=O) groups excluding carboxylic acids is 1. The summed E-state index contributed by atoms with van der Waals surface area (Å²) in [5, 5.41) is 0. The molecule has 26 heavy (non-hydrogen) atoms. The van der Waals surface area contributed by atoms with Crippen molar-refractivity contribution in [3.05, 3.63) is 52.9 Å². The average Bonchev–Trinajstić information content (AvgIpc) is 2.94. The van der Waals surface area contributed by atoms with Crippen LogP contribution >= 0.6 is 35.7 Å². The van der Waals surface area contributed by atoms with E-state index in [0.29, 0.717) is 20.7 Å². The van der Waals surface area contributed by atoms with Gasteiger partial charge in [-0.15, -0.1) is 11.8 Å². The number of thioether (sulfide) groups is 2. The highest BCUT2D eigenvalue weighted by atomic mass is 32.2. The van der Waals surface area contributed by atoms with Gasteiger partial charge >= 0.3 is 0 Å². The lowest BCUT2D eigenvalue weighted by Gasteiger charge is -2.15. The largest absolute Gasteiger partial charge is 0.493 e. The van der Waals surface area contributed by atoms with Gasteiger partial charge in [-0.3, -0.25) is 9.69 Å². The molecule has 4 nitrogen and oxygen atoms in total. The number of anilines is 1. The molecule has 1 amide bonds. The lowest BCUT2D eigenvalue weighted by atomic mass is 10.2. The molecule has 0 radical (unpaired) electrons. The summed E-state index contributed by atoms with van der Waals surface area (Å²) < 4.78 is 11.1. The van der Waals surface area contributed by atoms with Crippen molar-refractivity contribution in [2.24, 2.45) is 0 Å². The van der Waals surface area contributed by atoms with Crippen LogP contribution in [0.15, 0.2) is 52.3 Å². The van der Waals surface area contributed by atoms with Gasteiger partial charge < -0.3 is 9.47 Å². The average molecular weight is 404 g/mol. The van der Waals surface area contributed by atoms with Gasteiger partial charge in [-0.1, -0.05) is 36.1 Å². The first-order valence-corrected chi connectivity index (χ1v) is 10.2. The minimum atomic E-state index is -0.118. The number of carbonyl (C=O) groups is 1. The lowest BCUT2D eigenvalue weighted by Crippen LogP contribution is -2.27. The Hall–Kier alpha value is -1.96. The maximum absolute atomic E-state index is 12.9. The molecule has 1 saturated heterocycles. The zero-order valence-corrected chi connectivity index (χ0v) is 17.0. The lowest BCUT2D eigenvalue weighted by molar-refractivity contribution is -0.113. The normalized spacial score (nSPS) is 15.7. The molecule has 1 aliphatic heterocycles. The highest BCUT2D eigenvalue weighted by Crippen LogP contribution is 2.37. The number of hydrogen-bond acceptors (Lipinski definition) is 6. The van der Waals surface area contributed by atoms with Crippen molar-refractivity contribution >= 4 is 57.7 Å². The summed E-state index contributed by atoms with van der Waals surface area (Å²) in [6.07, 6.45) is 3.82. The van der Waals surface area contributed by atoms with Crippen LogP contribution in [0.4, 0.5) is 5.69 Å². The summed E-state index contributed by atoms with van der Waals surface area (Å²) >= 11 is 8.36. The number of ether oxygens (including phenoxy) is 2. The Labute approximate surface area is 166 Å². The zero-order chi connectivity index (χ0) is 18.7. The molecular weight excluding hydrogens is 386 g/mol. The van der Waals surface area contributed by atoms with Crippen molar-refractivity contribution in [3.63, 3.8) is 0 Å². The molecule has 2 aromatic rings. The van der Waals surface area contributed by atoms with Gasteiger partial charge in [-0.2, -0.15) is 0 Å². The molecule has 0 bridgehead atoms. The van der Waals surface area contributed by atoms with E-state index in [1.807, 2.05) is 54.8 Å². The molecule has 7 heteroatoms. The third-order valence-corrected chi connectivity index (χ3v) is 5.84. The second-order valence-electron chi connectivity index (χ2n) is 5.33. The summed E-state index contributed by atoms with van der Waals surface area (Å²) in [7, 11) is 3.17. The van der Waals surface area contributed by atoms with Gasteiger partial charge in [-0.05, 0) is 48.2 Å². The molecule has 2 aromatic carbocycles. The predicted octanol–water partition coefficient (Wildman–Crippen LogP) is 4.83. The molecule has 0 aliphatic carbocycles. The standard InChI is InChI=1S/C19H17NO3S3/c1-22-15-8-7-12(9-16(15)23-2)10-17-18(21)20(19(24)26-17)13-5-4-6-14(11-13)25-3/h4-11H,1-3H3/b17-10+. The fourth-order valence-electron chi connectivity index (χ4n) is 2.53. The molecular formula is C19H17NO3S3. The van der Waals surface area contributed by atoms with E-state index in [1.54, 1.807) is 30.9 Å². The monoisotopic (exact) mass is 403 g/mol. The van der Waals surface area contributed by atoms with Crippen LogP contribution in [0.5, 0.6) is 11.5 Å². The molecule has 0 spiro atoms. The van der Waals surface area contributed by atoms with Crippen LogP contribution in [0.1, 0.15) is 5.56 Å². The van der Waals surface area contributed by atoms with E-state index in [1.165, 1.54) is 11.8 Å². The third kappa shape index (κ3) is 3.75. The van der Waals surface area contributed by atoms with E-state index in [4.69, 9.17) is 21.7 Å². The second kappa shape index (κ2) is 8.16. The first-order valence-electron chi connectivity index (χ1n) is 7.71. The van der Waals surface area contributed by atoms with Crippen molar-refractivity contribution in [1.29, 1.82) is 0 Å². The molecule has 0 atom stereocenters. The predicted molar refractivity (Wildman–Crippen MR) is 113 cm³/mol. The topological polar surface area (TPSA) is 38.8 Å². The smallest absolute Gasteiger partial charge is 0.270 e. The van der Waals surface area contributed by atoms with Gasteiger partial charge in [0.25, 0.3) is 5.91 Å². The number of amides is 1. The van der Waals surface area contributed by atoms with Crippen molar-refractivity contribution < 1.29 is 14.3 Å². The Bertz CT molecular complexity index is 895. The molecule has 1 fully saturated rings. The summed E-state index contributed by atoms with van der Waals surface area (Å²) in [4.78, 5) is 16.1. The summed E-state index contributed by atoms with van der Waals surface area (Å²) in [6, 6.07) is 13.3. The molecule has 1 aliphatic rings. The summed E-state index contributed by atoms with van der Waals surface area (Å²) in [5.41, 5.74) is 1.64. The van der Waals surface area contributed by atoms with Gasteiger partial charge in [0.1, 0.15) is 0 Å². The maximum atomic E-state index is 12.9. The number of rotatable bonds is 5. The van der Waals surface area contributed by atoms with Gasteiger partial charge in [0, 0.05) is 4.90 Å². The number of methoxy groups -OCH3 is 2. The van der Waals surface area contributed by atoms with E-state index in [0.717, 1.165) is 16.1 Å². The molecule has 0 unspecified atom stereocenters. The van der Waals surface area contributed by atoms with Crippen molar-refractivity contribution in [3.8, 4) is 11.5 Å². The summed E-state index contributed by atoms with van der Waals surface area (Å²) in [5.74, 6) is 1.14. The second-order valence-corrected chi connectivity index (χ2v) is 7.89. The molecule has 0 N–H and O–H groups in total. The quantitative estimate of drug-likeness (QED) is 0.404. The van der Waals surface area contributed by atoms with E-state index in [-0.39, 0.29) is 5.91 Å². The molecule has 0 aromatic heterocycles. The maximum Gasteiger partial charge on any atom is 0.270 e. The zero-order valence-electron chi connectivity index (χ0n) is 14.5. The van der Waals surface area contributed by atoms with Gasteiger partial charge in [0.05, 0.1) is 24.8 Å². The third-order valence-electron chi connectivity index (χ3n) is 3.81. The van der Waals surface area contributed by atoms with Gasteiger partial charge in [0.15, 0.2) is 15.8 Å². The van der Waals surface area contributed by atoms with Crippen LogP contribution in [0.2, 0.25) is 0 Å². The van der Waals surface area contributed by atoms with E-state index in [9.17, 15) is 4.79 Å². The highest BCUT2D eigenvalue weighted by molar-refractivity contribution is 8.27. The van der Waals surface area contributed by atoms with Crippen LogP contribution in [0.25, 0.3) is 6.08 Å². The van der Waals surface area contributed by atoms with Crippen molar-refractivity contribution in [2.75, 3.05) is 25.4 Å². The molecule has 1 heterocycles. The Kier molecular flexibility index (Phi) is 5.90. The van der Waals surface area contributed by atoms with Crippen LogP contribution in [0.3, 0.4) is 0 Å². The molecule has 3 rings (SSSR count). The first kappa shape index (κ1) is 18.8. The minimum absolute atomic E-state index is 0.118. The van der Waals surface area contributed by atoms with Crippen LogP contribution in [-0.2, 0) is 4.79 Å². The summed E-state index contributed by atoms with van der Waals surface area (Å²) in [6.45, 7) is 0. The van der Waals surface area contributed by atoms with E-state index in [2.05, 4.69) is 0 Å². The van der Waals surface area contributed by atoms with Crippen molar-refractivity contribution in [1.82, 2.24) is 0 Å². The Balaban J connectivity index is 1.92. The Morgan fingerprint density at radius 2 is 1.88 bits per heavy atom. The number of hydrogen-bond donors (Lipinski definition) is 0. The number of benzene rings is 2. The molecule has 0 saturated carbocycles. The first-order chi connectivity index (χ1) is 12.6. The minimum Gasteiger partial charge on any atom is -0.493 e. The van der Waals surface area contributed by atoms with Crippen molar-refractivity contribution in [2.45, 2.75) is 4.90 Å². The fraction of sp³-hybridized carbons (Fsp3) is 0.158. The van der Waals surface area contributed by atoms with Gasteiger partial charge in [-0.25, -0.2) is 0 Å². The van der Waals surface area contributed by atoms with Crippen LogP contribution < -0.4 is 14.4 Å². The SMILES string of the molecule is COc1ccc(/C=C2/SC(=S)N(c3cccc(SC)c3)C2=O)cc1OC. The van der Waals surface area contributed by atoms with E-state index < -0.39 is 0 Å². The fourth-order valence-corrected chi connectivity index (χ4v) is 4.29.